The summed E-state index contributed by atoms with van der Waals surface area (Å²) in [6, 6.07) is 38.9. The van der Waals surface area contributed by atoms with Crippen LogP contribution in [0.2, 0.25) is 0 Å². The van der Waals surface area contributed by atoms with Crippen LogP contribution in [-0.2, 0) is 0 Å². The molecule has 0 fully saturated rings. The van der Waals surface area contributed by atoms with Gasteiger partial charge in [-0.15, -0.1) is 6.58 Å². The van der Waals surface area contributed by atoms with E-state index in [4.69, 9.17) is 0 Å². The molecule has 0 saturated carbocycles. The Hall–Kier alpha value is -3.90. The lowest BCUT2D eigenvalue weighted by Crippen LogP contribution is -1.85. The second-order valence-corrected chi connectivity index (χ2v) is 8.38. The van der Waals surface area contributed by atoms with Gasteiger partial charge in [-0.2, -0.15) is 0 Å². The summed E-state index contributed by atoms with van der Waals surface area (Å²) in [5.74, 6) is 0. The summed E-state index contributed by atoms with van der Waals surface area (Å²) >= 11 is 0. The van der Waals surface area contributed by atoms with Gasteiger partial charge in [-0.3, -0.25) is 0 Å². The largest absolute Gasteiger partial charge is 0.103 e. The van der Waals surface area contributed by atoms with E-state index in [9.17, 15) is 0 Å². The lowest BCUT2D eigenvalue weighted by molar-refractivity contribution is 1.47. The molecule has 0 aromatic heterocycles. The molecule has 0 radical (unpaired) electrons. The van der Waals surface area contributed by atoms with Crippen molar-refractivity contribution in [2.45, 2.75) is 34.6 Å². The van der Waals surface area contributed by atoms with Gasteiger partial charge in [-0.25, -0.2) is 0 Å². The van der Waals surface area contributed by atoms with Crippen LogP contribution in [0.1, 0.15) is 31.9 Å². The number of hydrogen-bond acceptors (Lipinski definition) is 0. The molecular formula is C35H36. The second-order valence-electron chi connectivity index (χ2n) is 8.38. The summed E-state index contributed by atoms with van der Waals surface area (Å²) in [5, 5.41) is 8.23. The highest BCUT2D eigenvalue weighted by molar-refractivity contribution is 6.23. The number of allylic oxidation sites excluding steroid dienone is 1. The molecule has 0 N–H and O–H groups in total. The first-order chi connectivity index (χ1) is 17.1. The fraction of sp³-hybridized carbons (Fsp3) is 0.143. The standard InChI is InChI=1S/C17H12.C13H12.C3H6.C2H6/c1-11-5-6-14-8-7-12-3-2-4-13-9-10-15(11)17(14)16(12)13;1-11-7-9-13(10-8-11)12-5-3-2-4-6-12;1-3-2;1-2/h2-10H,1H3;2-10H,1H3;3H,1H2,2H3;1-2H3. The van der Waals surface area contributed by atoms with E-state index >= 15 is 0 Å². The Morgan fingerprint density at radius 2 is 1.00 bits per heavy atom. The average Bonchev–Trinajstić information content (AvgIpc) is 2.91. The van der Waals surface area contributed by atoms with Crippen molar-refractivity contribution in [3.8, 4) is 11.1 Å². The zero-order chi connectivity index (χ0) is 25.2. The summed E-state index contributed by atoms with van der Waals surface area (Å²) < 4.78 is 0. The molecule has 0 aliphatic carbocycles. The Morgan fingerprint density at radius 3 is 1.60 bits per heavy atom. The Balaban J connectivity index is 0.000000170. The van der Waals surface area contributed by atoms with E-state index < -0.39 is 0 Å². The van der Waals surface area contributed by atoms with Crippen LogP contribution < -0.4 is 0 Å². The summed E-state index contributed by atoms with van der Waals surface area (Å²) in [6.07, 6.45) is 1.75. The minimum absolute atomic E-state index is 1.28. The lowest BCUT2D eigenvalue weighted by Gasteiger charge is -2.11. The van der Waals surface area contributed by atoms with Crippen molar-refractivity contribution in [2.75, 3.05) is 0 Å². The van der Waals surface area contributed by atoms with E-state index in [1.807, 2.05) is 26.8 Å². The summed E-state index contributed by atoms with van der Waals surface area (Å²) in [5.41, 5.74) is 5.23. The van der Waals surface area contributed by atoms with Gasteiger partial charge in [0.1, 0.15) is 0 Å². The fourth-order valence-corrected chi connectivity index (χ4v) is 4.26. The highest BCUT2D eigenvalue weighted by atomic mass is 14.1. The van der Waals surface area contributed by atoms with E-state index in [2.05, 4.69) is 124 Å². The molecule has 0 atom stereocenters. The van der Waals surface area contributed by atoms with Crippen LogP contribution in [0.3, 0.4) is 0 Å². The van der Waals surface area contributed by atoms with Crippen LogP contribution in [0.5, 0.6) is 0 Å². The third-order valence-corrected chi connectivity index (χ3v) is 5.91. The highest BCUT2D eigenvalue weighted by Crippen LogP contribution is 2.35. The smallest absolute Gasteiger partial charge is 0.00241 e. The maximum Gasteiger partial charge on any atom is -0.00241 e. The van der Waals surface area contributed by atoms with E-state index in [-0.39, 0.29) is 0 Å². The van der Waals surface area contributed by atoms with Crippen molar-refractivity contribution in [3.63, 3.8) is 0 Å². The van der Waals surface area contributed by atoms with Crippen molar-refractivity contribution in [1.29, 1.82) is 0 Å². The molecule has 0 bridgehead atoms. The zero-order valence-corrected chi connectivity index (χ0v) is 21.7. The van der Waals surface area contributed by atoms with Crippen LogP contribution >= 0.6 is 0 Å². The number of benzene rings is 6. The molecule has 176 valence electrons. The van der Waals surface area contributed by atoms with Gasteiger partial charge in [0.25, 0.3) is 0 Å². The Morgan fingerprint density at radius 1 is 0.514 bits per heavy atom. The Bertz CT molecular complexity index is 1460. The molecule has 0 heteroatoms. The molecule has 0 heterocycles. The van der Waals surface area contributed by atoms with Gasteiger partial charge in [0.05, 0.1) is 0 Å². The quantitative estimate of drug-likeness (QED) is 0.170. The van der Waals surface area contributed by atoms with Gasteiger partial charge in [0.2, 0.25) is 0 Å². The molecule has 6 aromatic carbocycles. The first-order valence-corrected chi connectivity index (χ1v) is 12.4. The van der Waals surface area contributed by atoms with Crippen LogP contribution in [0.4, 0.5) is 0 Å². The van der Waals surface area contributed by atoms with E-state index in [0.29, 0.717) is 0 Å². The van der Waals surface area contributed by atoms with Crippen molar-refractivity contribution in [2.24, 2.45) is 0 Å². The first-order valence-electron chi connectivity index (χ1n) is 12.4. The predicted octanol–water partition coefficient (Wildman–Crippen LogP) is 10.8. The van der Waals surface area contributed by atoms with Crippen molar-refractivity contribution < 1.29 is 0 Å². The van der Waals surface area contributed by atoms with Crippen molar-refractivity contribution in [3.05, 3.63) is 133 Å². The molecule has 0 aliphatic rings. The van der Waals surface area contributed by atoms with Crippen LogP contribution in [0.25, 0.3) is 43.4 Å². The van der Waals surface area contributed by atoms with Gasteiger partial charge in [0, 0.05) is 0 Å². The first kappa shape index (κ1) is 25.7. The van der Waals surface area contributed by atoms with Gasteiger partial charge in [-0.05, 0) is 69.8 Å². The second kappa shape index (κ2) is 12.5. The van der Waals surface area contributed by atoms with Gasteiger partial charge >= 0.3 is 0 Å². The summed E-state index contributed by atoms with van der Waals surface area (Å²) in [4.78, 5) is 0. The molecule has 0 aliphatic heterocycles. The molecule has 6 rings (SSSR count). The van der Waals surface area contributed by atoms with Gasteiger partial charge in [0.15, 0.2) is 0 Å². The van der Waals surface area contributed by atoms with E-state index in [1.54, 1.807) is 6.08 Å². The minimum Gasteiger partial charge on any atom is -0.103 e. The van der Waals surface area contributed by atoms with Gasteiger partial charge in [-0.1, -0.05) is 135 Å². The zero-order valence-electron chi connectivity index (χ0n) is 21.7. The maximum atomic E-state index is 3.36. The topological polar surface area (TPSA) is 0 Å². The lowest BCUT2D eigenvalue weighted by atomic mass is 9.92. The molecule has 6 aromatic rings. The molecule has 0 spiro atoms. The van der Waals surface area contributed by atoms with Crippen LogP contribution in [-0.4, -0.2) is 0 Å². The molecule has 0 saturated heterocycles. The molecule has 0 nitrogen and oxygen atoms in total. The number of aryl methyl sites for hydroxylation is 2. The average molecular weight is 457 g/mol. The SMILES string of the molecule is C=CC.CC.Cc1ccc(-c2ccccc2)cc1.Cc1ccc2ccc3cccc4ccc1c2c34. The van der Waals surface area contributed by atoms with E-state index in [0.717, 1.165) is 0 Å². The highest BCUT2D eigenvalue weighted by Gasteiger charge is 2.08. The van der Waals surface area contributed by atoms with Crippen LogP contribution in [0, 0.1) is 13.8 Å². The normalized spacial score (nSPS) is 9.97. The third kappa shape index (κ3) is 5.97. The molecule has 35 heavy (non-hydrogen) atoms. The third-order valence-electron chi connectivity index (χ3n) is 5.91. The minimum atomic E-state index is 1.28. The van der Waals surface area contributed by atoms with Crippen molar-refractivity contribution >= 4 is 32.3 Å². The fourth-order valence-electron chi connectivity index (χ4n) is 4.26. The maximum absolute atomic E-state index is 3.36. The summed E-state index contributed by atoms with van der Waals surface area (Å²) in [7, 11) is 0. The molecule has 0 unspecified atom stereocenters. The summed E-state index contributed by atoms with van der Waals surface area (Å²) in [6.45, 7) is 13.5. The molecular weight excluding hydrogens is 420 g/mol. The van der Waals surface area contributed by atoms with Crippen LogP contribution in [0.15, 0.2) is 122 Å². The monoisotopic (exact) mass is 456 g/mol. The predicted molar refractivity (Wildman–Crippen MR) is 159 cm³/mol. The Labute approximate surface area is 210 Å². The molecule has 0 amide bonds. The number of rotatable bonds is 1. The number of hydrogen-bond donors (Lipinski definition) is 0. The Kier molecular flexibility index (Phi) is 9.21. The van der Waals surface area contributed by atoms with Crippen molar-refractivity contribution in [1.82, 2.24) is 0 Å². The van der Waals surface area contributed by atoms with E-state index in [1.165, 1.54) is 54.6 Å². The van der Waals surface area contributed by atoms with Gasteiger partial charge < -0.3 is 0 Å².